The van der Waals surface area contributed by atoms with Crippen LogP contribution < -0.4 is 0 Å². The van der Waals surface area contributed by atoms with Gasteiger partial charge in [0.05, 0.1) is 0 Å². The van der Waals surface area contributed by atoms with E-state index in [-0.39, 0.29) is 0 Å². The van der Waals surface area contributed by atoms with Gasteiger partial charge < -0.3 is 0 Å². The average Bonchev–Trinajstić information content (AvgIpc) is 3.24. The summed E-state index contributed by atoms with van der Waals surface area (Å²) in [5.41, 5.74) is 10.9. The van der Waals surface area contributed by atoms with E-state index in [4.69, 9.17) is 0 Å². The van der Waals surface area contributed by atoms with Gasteiger partial charge in [-0.25, -0.2) is 0 Å². The molecule has 166 valence electrons. The molecule has 0 heteroatoms. The molecule has 35 heavy (non-hydrogen) atoms. The zero-order chi connectivity index (χ0) is 23.4. The number of hydrogen-bond acceptors (Lipinski definition) is 0. The molecule has 0 N–H and O–H groups in total. The molecule has 0 aliphatic heterocycles. The van der Waals surface area contributed by atoms with Crippen molar-refractivity contribution in [2.24, 2.45) is 0 Å². The molecule has 6 aromatic rings. The van der Waals surface area contributed by atoms with Gasteiger partial charge in [-0.15, -0.1) is 0 Å². The fourth-order valence-electron chi connectivity index (χ4n) is 6.09. The monoisotopic (exact) mass is 446 g/mol. The largest absolute Gasteiger partial charge is 0.0645 e. The van der Waals surface area contributed by atoms with Gasteiger partial charge in [-0.1, -0.05) is 116 Å². The molecule has 0 bridgehead atoms. The molecule has 0 amide bonds. The molecular formula is C35H26. The van der Waals surface area contributed by atoms with E-state index in [1.807, 2.05) is 0 Å². The topological polar surface area (TPSA) is 0 Å². The lowest BCUT2D eigenvalue weighted by Crippen LogP contribution is -1.95. The first-order valence-corrected chi connectivity index (χ1v) is 12.6. The Bertz CT molecular complexity index is 1600. The summed E-state index contributed by atoms with van der Waals surface area (Å²) in [6.45, 7) is 2.32. The van der Waals surface area contributed by atoms with E-state index in [9.17, 15) is 0 Å². The van der Waals surface area contributed by atoms with E-state index >= 15 is 0 Å². The van der Waals surface area contributed by atoms with Crippen molar-refractivity contribution in [1.29, 1.82) is 0 Å². The normalized spacial score (nSPS) is 12.7. The number of benzene rings is 6. The first-order valence-electron chi connectivity index (χ1n) is 12.6. The maximum absolute atomic E-state index is 2.45. The lowest BCUT2D eigenvalue weighted by molar-refractivity contribution is 0.798. The van der Waals surface area contributed by atoms with Gasteiger partial charge in [-0.05, 0) is 84.6 Å². The SMILES string of the molecule is CCC1c2cc(-c3cccc4ccccc34)ccc2-c2ccc(-c3cccc4ccccc34)cc21. The zero-order valence-electron chi connectivity index (χ0n) is 19.8. The van der Waals surface area contributed by atoms with Gasteiger partial charge in [0.1, 0.15) is 0 Å². The number of fused-ring (bicyclic) bond motifs is 5. The average molecular weight is 447 g/mol. The van der Waals surface area contributed by atoms with Gasteiger partial charge in [0, 0.05) is 5.92 Å². The van der Waals surface area contributed by atoms with E-state index < -0.39 is 0 Å². The van der Waals surface area contributed by atoms with E-state index in [1.165, 1.54) is 66.1 Å². The predicted octanol–water partition coefficient (Wildman–Crippen LogP) is 9.85. The second-order valence-electron chi connectivity index (χ2n) is 9.62. The van der Waals surface area contributed by atoms with Crippen molar-refractivity contribution in [2.75, 3.05) is 0 Å². The lowest BCUT2D eigenvalue weighted by Gasteiger charge is -2.14. The summed E-state index contributed by atoms with van der Waals surface area (Å²) in [6, 6.07) is 44.8. The molecule has 0 radical (unpaired) electrons. The zero-order valence-corrected chi connectivity index (χ0v) is 19.8. The molecule has 0 saturated carbocycles. The highest BCUT2D eigenvalue weighted by atomic mass is 14.3. The Kier molecular flexibility index (Phi) is 4.60. The van der Waals surface area contributed by atoms with Crippen molar-refractivity contribution in [3.05, 3.63) is 132 Å². The van der Waals surface area contributed by atoms with Gasteiger partial charge in [-0.2, -0.15) is 0 Å². The third-order valence-electron chi connectivity index (χ3n) is 7.75. The first kappa shape index (κ1) is 20.2. The molecule has 0 nitrogen and oxygen atoms in total. The molecule has 0 unspecified atom stereocenters. The van der Waals surface area contributed by atoms with Crippen molar-refractivity contribution < 1.29 is 0 Å². The highest BCUT2D eigenvalue weighted by molar-refractivity contribution is 5.99. The highest BCUT2D eigenvalue weighted by Crippen LogP contribution is 2.49. The Morgan fingerprint density at radius 3 is 1.40 bits per heavy atom. The minimum atomic E-state index is 0.421. The van der Waals surface area contributed by atoms with Crippen molar-refractivity contribution in [3.63, 3.8) is 0 Å². The molecule has 1 aliphatic carbocycles. The number of rotatable bonds is 3. The minimum absolute atomic E-state index is 0.421. The molecule has 0 atom stereocenters. The van der Waals surface area contributed by atoms with Gasteiger partial charge in [0.15, 0.2) is 0 Å². The quantitative estimate of drug-likeness (QED) is 0.254. The Balaban J connectivity index is 1.37. The predicted molar refractivity (Wildman–Crippen MR) is 150 cm³/mol. The van der Waals surface area contributed by atoms with Crippen LogP contribution in [0.4, 0.5) is 0 Å². The van der Waals surface area contributed by atoms with E-state index in [2.05, 4.69) is 128 Å². The Morgan fingerprint density at radius 2 is 0.914 bits per heavy atom. The second-order valence-corrected chi connectivity index (χ2v) is 9.62. The van der Waals surface area contributed by atoms with Crippen molar-refractivity contribution in [1.82, 2.24) is 0 Å². The van der Waals surface area contributed by atoms with Crippen molar-refractivity contribution in [3.8, 4) is 33.4 Å². The molecule has 0 fully saturated rings. The van der Waals surface area contributed by atoms with Crippen LogP contribution in [0.1, 0.15) is 30.4 Å². The summed E-state index contributed by atoms with van der Waals surface area (Å²) >= 11 is 0. The van der Waals surface area contributed by atoms with Crippen LogP contribution in [0.25, 0.3) is 54.9 Å². The summed E-state index contributed by atoms with van der Waals surface area (Å²) in [5.74, 6) is 0.421. The summed E-state index contributed by atoms with van der Waals surface area (Å²) in [7, 11) is 0. The number of hydrogen-bond donors (Lipinski definition) is 0. The van der Waals surface area contributed by atoms with Gasteiger partial charge in [0.25, 0.3) is 0 Å². The Morgan fingerprint density at radius 1 is 0.457 bits per heavy atom. The maximum atomic E-state index is 2.45. The standard InChI is InChI=1S/C35H26/c1-2-27-34-21-25(30-15-7-11-23-9-3-5-13-28(23)30)17-19-32(34)33-20-18-26(22-35(27)33)31-16-8-12-24-10-4-6-14-29(24)31/h3-22,27H,2H2,1H3. The minimum Gasteiger partial charge on any atom is -0.0645 e. The van der Waals surface area contributed by atoms with Crippen LogP contribution in [0.15, 0.2) is 121 Å². The molecular weight excluding hydrogens is 420 g/mol. The van der Waals surface area contributed by atoms with E-state index in [0.717, 1.165) is 6.42 Å². The molecule has 6 aromatic carbocycles. The van der Waals surface area contributed by atoms with Crippen LogP contribution in [-0.2, 0) is 0 Å². The van der Waals surface area contributed by atoms with Gasteiger partial charge in [-0.3, -0.25) is 0 Å². The molecule has 0 saturated heterocycles. The van der Waals surface area contributed by atoms with Crippen LogP contribution in [0.3, 0.4) is 0 Å². The molecule has 0 heterocycles. The van der Waals surface area contributed by atoms with Crippen LogP contribution in [0.5, 0.6) is 0 Å². The van der Waals surface area contributed by atoms with Gasteiger partial charge in [0.2, 0.25) is 0 Å². The van der Waals surface area contributed by atoms with Crippen LogP contribution in [-0.4, -0.2) is 0 Å². The smallest absolute Gasteiger partial charge is 0.00994 e. The summed E-state index contributed by atoms with van der Waals surface area (Å²) < 4.78 is 0. The molecule has 0 spiro atoms. The van der Waals surface area contributed by atoms with Crippen molar-refractivity contribution in [2.45, 2.75) is 19.3 Å². The fourth-order valence-corrected chi connectivity index (χ4v) is 6.09. The molecule has 1 aliphatic rings. The fraction of sp³-hybridized carbons (Fsp3) is 0.0857. The third kappa shape index (κ3) is 3.14. The molecule has 7 rings (SSSR count). The van der Waals surface area contributed by atoms with Crippen LogP contribution in [0, 0.1) is 0 Å². The van der Waals surface area contributed by atoms with E-state index in [1.54, 1.807) is 0 Å². The van der Waals surface area contributed by atoms with Crippen LogP contribution in [0.2, 0.25) is 0 Å². The highest BCUT2D eigenvalue weighted by Gasteiger charge is 2.28. The van der Waals surface area contributed by atoms with Crippen molar-refractivity contribution >= 4 is 21.5 Å². The van der Waals surface area contributed by atoms with Gasteiger partial charge >= 0.3 is 0 Å². The summed E-state index contributed by atoms with van der Waals surface area (Å²) in [4.78, 5) is 0. The molecule has 0 aromatic heterocycles. The summed E-state index contributed by atoms with van der Waals surface area (Å²) in [5, 5.41) is 5.22. The second kappa shape index (κ2) is 7.96. The lowest BCUT2D eigenvalue weighted by atomic mass is 9.89. The first-order chi connectivity index (χ1) is 17.3. The summed E-state index contributed by atoms with van der Waals surface area (Å²) in [6.07, 6.45) is 1.10. The van der Waals surface area contributed by atoms with Crippen LogP contribution >= 0.6 is 0 Å². The third-order valence-corrected chi connectivity index (χ3v) is 7.75. The Labute approximate surface area is 206 Å². The van der Waals surface area contributed by atoms with E-state index in [0.29, 0.717) is 5.92 Å². The maximum Gasteiger partial charge on any atom is 0.00994 e. The Hall–Kier alpha value is -4.16.